The summed E-state index contributed by atoms with van der Waals surface area (Å²) in [5.74, 6) is 4.61. The predicted molar refractivity (Wildman–Crippen MR) is 84.7 cm³/mol. The largest absolute Gasteiger partial charge is 0.313 e. The van der Waals surface area contributed by atoms with Crippen LogP contribution in [-0.2, 0) is 0 Å². The molecule has 2 unspecified atom stereocenters. The standard InChI is InChI=1S/C17H23NS/c1-3-5-6-10-16(18-12-4-2)15-13-19-17-11-8-7-9-14(15)17/h1,7-9,11,15-16,18H,4-6,10,12-13H2,2H3. The van der Waals surface area contributed by atoms with Crippen LogP contribution in [0.25, 0.3) is 0 Å². The Morgan fingerprint density at radius 1 is 1.47 bits per heavy atom. The summed E-state index contributed by atoms with van der Waals surface area (Å²) in [6.45, 7) is 3.33. The highest BCUT2D eigenvalue weighted by molar-refractivity contribution is 7.99. The van der Waals surface area contributed by atoms with Crippen molar-refractivity contribution in [1.29, 1.82) is 0 Å². The van der Waals surface area contributed by atoms with Crippen LogP contribution in [0, 0.1) is 12.3 Å². The van der Waals surface area contributed by atoms with Gasteiger partial charge in [-0.1, -0.05) is 25.1 Å². The van der Waals surface area contributed by atoms with Crippen molar-refractivity contribution < 1.29 is 0 Å². The summed E-state index contributed by atoms with van der Waals surface area (Å²) in [5, 5.41) is 3.73. The van der Waals surface area contributed by atoms with Crippen LogP contribution < -0.4 is 5.32 Å². The summed E-state index contributed by atoms with van der Waals surface area (Å²) in [6.07, 6.45) is 9.76. The van der Waals surface area contributed by atoms with Gasteiger partial charge in [-0.3, -0.25) is 0 Å². The lowest BCUT2D eigenvalue weighted by Crippen LogP contribution is -2.35. The first-order valence-corrected chi connectivity index (χ1v) is 8.24. The molecule has 102 valence electrons. The molecule has 19 heavy (non-hydrogen) atoms. The van der Waals surface area contributed by atoms with Crippen molar-refractivity contribution in [2.24, 2.45) is 0 Å². The first kappa shape index (κ1) is 14.5. The van der Waals surface area contributed by atoms with Crippen molar-refractivity contribution in [2.75, 3.05) is 12.3 Å². The second kappa shape index (κ2) is 7.62. The zero-order chi connectivity index (χ0) is 13.5. The minimum absolute atomic E-state index is 0.574. The molecule has 2 heteroatoms. The second-order valence-corrected chi connectivity index (χ2v) is 6.17. The number of unbranched alkanes of at least 4 members (excludes halogenated alkanes) is 1. The Morgan fingerprint density at radius 2 is 2.32 bits per heavy atom. The summed E-state index contributed by atoms with van der Waals surface area (Å²) >= 11 is 2.00. The third-order valence-corrected chi connectivity index (χ3v) is 4.92. The molecule has 0 radical (unpaired) electrons. The predicted octanol–water partition coefficient (Wildman–Crippen LogP) is 4.05. The maximum atomic E-state index is 5.37. The van der Waals surface area contributed by atoms with E-state index in [0.717, 1.165) is 19.4 Å². The quantitative estimate of drug-likeness (QED) is 0.594. The fourth-order valence-electron chi connectivity index (χ4n) is 2.72. The summed E-state index contributed by atoms with van der Waals surface area (Å²) in [5.41, 5.74) is 1.53. The van der Waals surface area contributed by atoms with E-state index in [0.29, 0.717) is 12.0 Å². The van der Waals surface area contributed by atoms with Gasteiger partial charge in [-0.2, -0.15) is 0 Å². The number of thioether (sulfide) groups is 1. The zero-order valence-electron chi connectivity index (χ0n) is 11.7. The number of fused-ring (bicyclic) bond motifs is 1. The molecule has 1 aliphatic heterocycles. The van der Waals surface area contributed by atoms with Crippen LogP contribution in [0.5, 0.6) is 0 Å². The average Bonchev–Trinajstić information content (AvgIpc) is 2.87. The zero-order valence-corrected chi connectivity index (χ0v) is 12.5. The van der Waals surface area contributed by atoms with Gasteiger partial charge in [0.2, 0.25) is 0 Å². The molecule has 1 N–H and O–H groups in total. The third kappa shape index (κ3) is 3.78. The summed E-state index contributed by atoms with van der Waals surface area (Å²) in [4.78, 5) is 1.47. The fourth-order valence-corrected chi connectivity index (χ4v) is 4.05. The summed E-state index contributed by atoms with van der Waals surface area (Å²) in [7, 11) is 0. The number of rotatable bonds is 7. The van der Waals surface area contributed by atoms with E-state index in [9.17, 15) is 0 Å². The monoisotopic (exact) mass is 273 g/mol. The lowest BCUT2D eigenvalue weighted by Gasteiger charge is -2.25. The van der Waals surface area contributed by atoms with Crippen molar-refractivity contribution in [1.82, 2.24) is 5.32 Å². The first-order valence-electron chi connectivity index (χ1n) is 7.25. The van der Waals surface area contributed by atoms with E-state index in [-0.39, 0.29) is 0 Å². The highest BCUT2D eigenvalue weighted by Gasteiger charge is 2.29. The van der Waals surface area contributed by atoms with Crippen molar-refractivity contribution in [3.63, 3.8) is 0 Å². The molecule has 1 aliphatic rings. The van der Waals surface area contributed by atoms with Gasteiger partial charge in [0.25, 0.3) is 0 Å². The molecule has 1 aromatic carbocycles. The van der Waals surface area contributed by atoms with E-state index in [2.05, 4.69) is 42.4 Å². The number of hydrogen-bond acceptors (Lipinski definition) is 2. The van der Waals surface area contributed by atoms with Crippen LogP contribution in [0.1, 0.15) is 44.1 Å². The van der Waals surface area contributed by atoms with Crippen LogP contribution in [0.2, 0.25) is 0 Å². The molecule has 1 nitrogen and oxygen atoms in total. The normalized spacial score (nSPS) is 18.8. The Balaban J connectivity index is 2.04. The highest BCUT2D eigenvalue weighted by atomic mass is 32.2. The maximum Gasteiger partial charge on any atom is 0.0145 e. The number of benzene rings is 1. The minimum atomic E-state index is 0.574. The van der Waals surface area contributed by atoms with Gasteiger partial charge in [-0.05, 0) is 37.4 Å². The van der Waals surface area contributed by atoms with E-state index in [1.54, 1.807) is 0 Å². The average molecular weight is 273 g/mol. The Kier molecular flexibility index (Phi) is 5.82. The van der Waals surface area contributed by atoms with Gasteiger partial charge >= 0.3 is 0 Å². The molecule has 2 rings (SSSR count). The number of terminal acetylenes is 1. The molecule has 2 atom stereocenters. The Hall–Kier alpha value is -0.910. The van der Waals surface area contributed by atoms with Crippen LogP contribution in [0.3, 0.4) is 0 Å². The molecule has 0 saturated carbocycles. The molecule has 0 fully saturated rings. The minimum Gasteiger partial charge on any atom is -0.313 e. The van der Waals surface area contributed by atoms with Crippen molar-refractivity contribution in [2.45, 2.75) is 49.5 Å². The Labute approximate surface area is 121 Å². The van der Waals surface area contributed by atoms with Gasteiger partial charge in [-0.15, -0.1) is 24.1 Å². The van der Waals surface area contributed by atoms with Gasteiger partial charge in [0.1, 0.15) is 0 Å². The van der Waals surface area contributed by atoms with Gasteiger partial charge in [0.05, 0.1) is 0 Å². The van der Waals surface area contributed by atoms with E-state index >= 15 is 0 Å². The molecule has 0 aliphatic carbocycles. The van der Waals surface area contributed by atoms with Crippen LogP contribution in [0.15, 0.2) is 29.2 Å². The fraction of sp³-hybridized carbons (Fsp3) is 0.529. The van der Waals surface area contributed by atoms with Gasteiger partial charge in [-0.25, -0.2) is 0 Å². The molecule has 0 amide bonds. The first-order chi connectivity index (χ1) is 9.36. The summed E-state index contributed by atoms with van der Waals surface area (Å²) < 4.78 is 0. The van der Waals surface area contributed by atoms with E-state index in [4.69, 9.17) is 6.42 Å². The van der Waals surface area contributed by atoms with Crippen molar-refractivity contribution >= 4 is 11.8 Å². The lowest BCUT2D eigenvalue weighted by atomic mass is 9.90. The highest BCUT2D eigenvalue weighted by Crippen LogP contribution is 2.41. The van der Waals surface area contributed by atoms with Gasteiger partial charge in [0.15, 0.2) is 0 Å². The molecule has 1 aromatic rings. The van der Waals surface area contributed by atoms with Crippen molar-refractivity contribution in [3.05, 3.63) is 29.8 Å². The van der Waals surface area contributed by atoms with E-state index in [1.165, 1.54) is 29.1 Å². The van der Waals surface area contributed by atoms with E-state index in [1.807, 2.05) is 11.8 Å². The second-order valence-electron chi connectivity index (χ2n) is 5.11. The van der Waals surface area contributed by atoms with Crippen LogP contribution in [0.4, 0.5) is 0 Å². The van der Waals surface area contributed by atoms with E-state index < -0.39 is 0 Å². The molecular formula is C17H23NS. The van der Waals surface area contributed by atoms with Gasteiger partial charge < -0.3 is 5.32 Å². The molecule has 0 spiro atoms. The topological polar surface area (TPSA) is 12.0 Å². The van der Waals surface area contributed by atoms with Crippen molar-refractivity contribution in [3.8, 4) is 12.3 Å². The van der Waals surface area contributed by atoms with Gasteiger partial charge in [0, 0.05) is 29.0 Å². The summed E-state index contributed by atoms with van der Waals surface area (Å²) in [6, 6.07) is 9.42. The van der Waals surface area contributed by atoms with Crippen LogP contribution in [-0.4, -0.2) is 18.3 Å². The Bertz CT molecular complexity index is 435. The molecule has 0 aromatic heterocycles. The molecule has 1 heterocycles. The maximum absolute atomic E-state index is 5.37. The smallest absolute Gasteiger partial charge is 0.0145 e. The molecule has 0 saturated heterocycles. The SMILES string of the molecule is C#CCCCC(NCCC)C1CSc2ccccc21. The van der Waals surface area contributed by atoms with Crippen LogP contribution >= 0.6 is 11.8 Å². The molecular weight excluding hydrogens is 250 g/mol. The number of nitrogens with one attached hydrogen (secondary N) is 1. The number of hydrogen-bond donors (Lipinski definition) is 1. The molecule has 0 bridgehead atoms. The third-order valence-electron chi connectivity index (χ3n) is 3.72. The Morgan fingerprint density at radius 3 is 3.11 bits per heavy atom. The lowest BCUT2D eigenvalue weighted by molar-refractivity contribution is 0.421.